The molecule has 2 unspecified atom stereocenters. The van der Waals surface area contributed by atoms with E-state index in [1.165, 1.54) is 10.6 Å². The molecule has 2 aliphatic heterocycles. The summed E-state index contributed by atoms with van der Waals surface area (Å²) in [7, 11) is -3.11. The van der Waals surface area contributed by atoms with E-state index < -0.39 is 10.0 Å². The van der Waals surface area contributed by atoms with Crippen molar-refractivity contribution in [2.24, 2.45) is 11.8 Å². The second kappa shape index (κ2) is 6.33. The van der Waals surface area contributed by atoms with Gasteiger partial charge in [-0.25, -0.2) is 12.7 Å². The van der Waals surface area contributed by atoms with Crippen LogP contribution in [0, 0.1) is 11.8 Å². The lowest BCUT2D eigenvalue weighted by atomic mass is 9.90. The minimum absolute atomic E-state index is 0.193. The van der Waals surface area contributed by atoms with Gasteiger partial charge in [0.05, 0.1) is 6.26 Å². The van der Waals surface area contributed by atoms with E-state index in [1.54, 1.807) is 0 Å². The van der Waals surface area contributed by atoms with Gasteiger partial charge in [0, 0.05) is 39.1 Å². The van der Waals surface area contributed by atoms with Crippen molar-refractivity contribution in [1.82, 2.24) is 4.31 Å². The number of Topliss-reactive ketones (excluding diaryl/α,β-unsaturated/α-hetero) is 1. The molecule has 0 radical (unpaired) electrons. The Morgan fingerprint density at radius 3 is 2.63 bits per heavy atom. The molecule has 0 bridgehead atoms. The van der Waals surface area contributed by atoms with E-state index in [0.29, 0.717) is 38.5 Å². The number of hydrogen-bond donors (Lipinski definition) is 0. The minimum atomic E-state index is -3.11. The first kappa shape index (κ1) is 14.9. The van der Waals surface area contributed by atoms with Gasteiger partial charge in [-0.1, -0.05) is 0 Å². The fraction of sp³-hybridized carbons (Fsp3) is 0.923. The Morgan fingerprint density at radius 2 is 2.00 bits per heavy atom. The molecule has 0 N–H and O–H groups in total. The second-order valence-corrected chi connectivity index (χ2v) is 7.79. The Kier molecular flexibility index (Phi) is 4.97. The van der Waals surface area contributed by atoms with Crippen LogP contribution in [0.4, 0.5) is 0 Å². The summed E-state index contributed by atoms with van der Waals surface area (Å²) in [5.74, 6) is 0.830. The third kappa shape index (κ3) is 4.54. The SMILES string of the molecule is CS(=O)(=O)N1CCCC(CC(=O)CC2CCOC2)C1. The Labute approximate surface area is 115 Å². The summed E-state index contributed by atoms with van der Waals surface area (Å²) in [6, 6.07) is 0. The lowest BCUT2D eigenvalue weighted by Crippen LogP contribution is -2.39. The molecular weight excluding hydrogens is 266 g/mol. The van der Waals surface area contributed by atoms with E-state index in [-0.39, 0.29) is 11.7 Å². The lowest BCUT2D eigenvalue weighted by Gasteiger charge is -2.30. The molecule has 0 spiro atoms. The van der Waals surface area contributed by atoms with E-state index >= 15 is 0 Å². The third-order valence-electron chi connectivity index (χ3n) is 4.01. The smallest absolute Gasteiger partial charge is 0.211 e. The first-order chi connectivity index (χ1) is 8.95. The molecule has 0 aromatic carbocycles. The van der Waals surface area contributed by atoms with Crippen molar-refractivity contribution in [3.8, 4) is 0 Å². The second-order valence-electron chi connectivity index (χ2n) is 5.81. The van der Waals surface area contributed by atoms with Crippen molar-refractivity contribution in [3.63, 3.8) is 0 Å². The van der Waals surface area contributed by atoms with E-state index in [0.717, 1.165) is 25.9 Å². The predicted molar refractivity (Wildman–Crippen MR) is 72.3 cm³/mol. The molecule has 0 amide bonds. The number of carbonyl (C=O) groups is 1. The molecular formula is C13H23NO4S. The Hall–Kier alpha value is -0.460. The fourth-order valence-electron chi connectivity index (χ4n) is 2.97. The molecule has 0 aliphatic carbocycles. The quantitative estimate of drug-likeness (QED) is 0.759. The van der Waals surface area contributed by atoms with Crippen LogP contribution in [0.25, 0.3) is 0 Å². The predicted octanol–water partition coefficient (Wildman–Crippen LogP) is 1.04. The number of nitrogens with zero attached hydrogens (tertiary/aromatic N) is 1. The van der Waals surface area contributed by atoms with Gasteiger partial charge >= 0.3 is 0 Å². The molecule has 2 fully saturated rings. The van der Waals surface area contributed by atoms with Gasteiger partial charge in [-0.05, 0) is 31.1 Å². The minimum Gasteiger partial charge on any atom is -0.381 e. The van der Waals surface area contributed by atoms with Crippen molar-refractivity contribution in [3.05, 3.63) is 0 Å². The summed E-state index contributed by atoms with van der Waals surface area (Å²) in [5.41, 5.74) is 0. The zero-order valence-corrected chi connectivity index (χ0v) is 12.3. The summed E-state index contributed by atoms with van der Waals surface area (Å²) in [4.78, 5) is 12.0. The van der Waals surface area contributed by atoms with Gasteiger partial charge < -0.3 is 4.74 Å². The molecule has 2 heterocycles. The van der Waals surface area contributed by atoms with Gasteiger partial charge in [0.25, 0.3) is 0 Å². The molecule has 0 saturated carbocycles. The standard InChI is InChI=1S/C13H23NO4S/c1-19(16,17)14-5-2-3-11(9-14)7-13(15)8-12-4-6-18-10-12/h11-12H,2-10H2,1H3. The molecule has 0 aromatic rings. The summed E-state index contributed by atoms with van der Waals surface area (Å²) in [5, 5.41) is 0. The van der Waals surface area contributed by atoms with Crippen LogP contribution in [0.1, 0.15) is 32.1 Å². The monoisotopic (exact) mass is 289 g/mol. The Bertz CT molecular complexity index is 414. The fourth-order valence-corrected chi connectivity index (χ4v) is 3.91. The number of sulfonamides is 1. The van der Waals surface area contributed by atoms with Crippen LogP contribution in [0.15, 0.2) is 0 Å². The highest BCUT2D eigenvalue weighted by Crippen LogP contribution is 2.24. The van der Waals surface area contributed by atoms with Gasteiger partial charge in [-0.15, -0.1) is 0 Å². The lowest BCUT2D eigenvalue weighted by molar-refractivity contribution is -0.121. The average Bonchev–Trinajstić information content (AvgIpc) is 2.80. The van der Waals surface area contributed by atoms with Crippen molar-refractivity contribution in [2.45, 2.75) is 32.1 Å². The molecule has 2 atom stereocenters. The van der Waals surface area contributed by atoms with Gasteiger partial charge in [0.2, 0.25) is 10.0 Å². The molecule has 2 saturated heterocycles. The normalized spacial score (nSPS) is 29.5. The van der Waals surface area contributed by atoms with Gasteiger partial charge in [-0.3, -0.25) is 4.79 Å². The Balaban J connectivity index is 1.79. The van der Waals surface area contributed by atoms with E-state index in [2.05, 4.69) is 0 Å². The molecule has 5 nitrogen and oxygen atoms in total. The summed E-state index contributed by atoms with van der Waals surface area (Å²) in [6.45, 7) is 2.57. The zero-order chi connectivity index (χ0) is 13.9. The largest absolute Gasteiger partial charge is 0.381 e. The maximum absolute atomic E-state index is 12.0. The van der Waals surface area contributed by atoms with Crippen LogP contribution in [0.2, 0.25) is 0 Å². The molecule has 6 heteroatoms. The van der Waals surface area contributed by atoms with Crippen molar-refractivity contribution < 1.29 is 17.9 Å². The number of rotatable bonds is 5. The van der Waals surface area contributed by atoms with Crippen LogP contribution in [0.3, 0.4) is 0 Å². The van der Waals surface area contributed by atoms with E-state index in [1.807, 2.05) is 0 Å². The van der Waals surface area contributed by atoms with E-state index in [4.69, 9.17) is 4.74 Å². The molecule has 2 rings (SSSR count). The molecule has 19 heavy (non-hydrogen) atoms. The number of ether oxygens (including phenoxy) is 1. The molecule has 0 aromatic heterocycles. The topological polar surface area (TPSA) is 63.7 Å². The summed E-state index contributed by atoms with van der Waals surface area (Å²) < 4.78 is 29.8. The molecule has 110 valence electrons. The van der Waals surface area contributed by atoms with Gasteiger partial charge in [0.15, 0.2) is 0 Å². The highest BCUT2D eigenvalue weighted by atomic mass is 32.2. The highest BCUT2D eigenvalue weighted by Gasteiger charge is 2.28. The summed E-state index contributed by atoms with van der Waals surface area (Å²) in [6.07, 6.45) is 5.15. The maximum Gasteiger partial charge on any atom is 0.211 e. The number of hydrogen-bond acceptors (Lipinski definition) is 4. The van der Waals surface area contributed by atoms with E-state index in [9.17, 15) is 13.2 Å². The van der Waals surface area contributed by atoms with Crippen molar-refractivity contribution >= 4 is 15.8 Å². The van der Waals surface area contributed by atoms with Crippen LogP contribution in [0.5, 0.6) is 0 Å². The van der Waals surface area contributed by atoms with Crippen LogP contribution in [-0.2, 0) is 19.6 Å². The first-order valence-electron chi connectivity index (χ1n) is 6.99. The molecule has 2 aliphatic rings. The third-order valence-corrected chi connectivity index (χ3v) is 5.28. The van der Waals surface area contributed by atoms with Crippen molar-refractivity contribution in [2.75, 3.05) is 32.6 Å². The maximum atomic E-state index is 12.0. The average molecular weight is 289 g/mol. The zero-order valence-electron chi connectivity index (χ0n) is 11.5. The van der Waals surface area contributed by atoms with Gasteiger partial charge in [0.1, 0.15) is 5.78 Å². The van der Waals surface area contributed by atoms with Crippen molar-refractivity contribution in [1.29, 1.82) is 0 Å². The first-order valence-corrected chi connectivity index (χ1v) is 8.84. The highest BCUT2D eigenvalue weighted by molar-refractivity contribution is 7.88. The van der Waals surface area contributed by atoms with Crippen LogP contribution < -0.4 is 0 Å². The van der Waals surface area contributed by atoms with Gasteiger partial charge in [-0.2, -0.15) is 0 Å². The number of carbonyl (C=O) groups excluding carboxylic acids is 1. The summed E-state index contributed by atoms with van der Waals surface area (Å²) >= 11 is 0. The van der Waals surface area contributed by atoms with Crippen LogP contribution >= 0.6 is 0 Å². The number of piperidine rings is 1. The number of ketones is 1. The Morgan fingerprint density at radius 1 is 1.26 bits per heavy atom. The van der Waals surface area contributed by atoms with Crippen LogP contribution in [-0.4, -0.2) is 51.1 Å².